The number of ketones is 1. The van der Waals surface area contributed by atoms with Crippen LogP contribution in [0.4, 0.5) is 0 Å². The van der Waals surface area contributed by atoms with E-state index >= 15 is 0 Å². The molecule has 0 spiro atoms. The molecule has 1 N–H and O–H groups in total. The number of esters is 1. The Morgan fingerprint density at radius 1 is 0.964 bits per heavy atom. The lowest BCUT2D eigenvalue weighted by atomic mass is 10.0. The molecule has 0 aliphatic rings. The number of aromatic amines is 1. The van der Waals surface area contributed by atoms with Crippen molar-refractivity contribution in [3.05, 3.63) is 71.4 Å². The fourth-order valence-electron chi connectivity index (χ4n) is 3.30. The lowest BCUT2D eigenvalue weighted by molar-refractivity contribution is -0.142. The maximum atomic E-state index is 12.2. The Morgan fingerprint density at radius 3 is 2.54 bits per heavy atom. The van der Waals surface area contributed by atoms with E-state index in [0.717, 1.165) is 31.2 Å². The molecule has 0 atom stereocenters. The molecule has 4 heteroatoms. The van der Waals surface area contributed by atoms with Crippen molar-refractivity contribution in [1.82, 2.24) is 4.98 Å². The van der Waals surface area contributed by atoms with Crippen molar-refractivity contribution in [2.45, 2.75) is 45.4 Å². The van der Waals surface area contributed by atoms with Crippen molar-refractivity contribution in [2.24, 2.45) is 0 Å². The number of unbranched alkanes of at least 4 members (excludes halogenated alkanes) is 1. The number of para-hydroxylation sites is 1. The van der Waals surface area contributed by atoms with Gasteiger partial charge in [-0.3, -0.25) is 9.59 Å². The summed E-state index contributed by atoms with van der Waals surface area (Å²) in [5.74, 6) is -0.486. The summed E-state index contributed by atoms with van der Waals surface area (Å²) in [6, 6.07) is 15.7. The Bertz CT molecular complexity index is 924. The minimum absolute atomic E-state index is 0.160. The van der Waals surface area contributed by atoms with Crippen LogP contribution in [0.5, 0.6) is 0 Å². The Balaban J connectivity index is 1.40. The molecule has 0 unspecified atom stereocenters. The van der Waals surface area contributed by atoms with Crippen LogP contribution in [0.2, 0.25) is 0 Å². The average molecular weight is 377 g/mol. The van der Waals surface area contributed by atoms with Crippen molar-refractivity contribution in [1.29, 1.82) is 0 Å². The van der Waals surface area contributed by atoms with Gasteiger partial charge in [0.2, 0.25) is 0 Å². The van der Waals surface area contributed by atoms with Crippen LogP contribution in [0.25, 0.3) is 10.9 Å². The summed E-state index contributed by atoms with van der Waals surface area (Å²) in [4.78, 5) is 27.4. The van der Waals surface area contributed by atoms with Crippen molar-refractivity contribution >= 4 is 22.7 Å². The molecule has 2 aromatic carbocycles. The molecular weight excluding hydrogens is 350 g/mol. The zero-order valence-corrected chi connectivity index (χ0v) is 16.4. The van der Waals surface area contributed by atoms with Gasteiger partial charge in [0.05, 0.1) is 0 Å². The number of Topliss-reactive ketones (excluding diaryl/α,β-unsaturated/α-hetero) is 1. The summed E-state index contributed by atoms with van der Waals surface area (Å²) in [7, 11) is 0. The molecule has 4 nitrogen and oxygen atoms in total. The van der Waals surface area contributed by atoms with Gasteiger partial charge >= 0.3 is 5.97 Å². The van der Waals surface area contributed by atoms with Crippen LogP contribution in [0, 0.1) is 0 Å². The van der Waals surface area contributed by atoms with Crippen LogP contribution in [-0.2, 0) is 22.4 Å². The quantitative estimate of drug-likeness (QED) is 0.387. The normalized spacial score (nSPS) is 10.9. The van der Waals surface area contributed by atoms with Crippen LogP contribution < -0.4 is 0 Å². The highest BCUT2D eigenvalue weighted by Crippen LogP contribution is 2.19. The average Bonchev–Trinajstić information content (AvgIpc) is 3.14. The van der Waals surface area contributed by atoms with E-state index in [-0.39, 0.29) is 18.4 Å². The first-order valence-corrected chi connectivity index (χ1v) is 10.00. The number of fused-ring (bicyclic) bond motifs is 1. The first kappa shape index (κ1) is 19.9. The Hall–Kier alpha value is -2.88. The number of carbonyl (C=O) groups excluding carboxylic acids is 2. The van der Waals surface area contributed by atoms with E-state index in [1.165, 1.54) is 16.5 Å². The molecule has 0 aliphatic heterocycles. The first-order valence-electron chi connectivity index (χ1n) is 10.00. The van der Waals surface area contributed by atoms with Crippen molar-refractivity contribution in [2.75, 3.05) is 6.61 Å². The monoisotopic (exact) mass is 377 g/mol. The van der Waals surface area contributed by atoms with Crippen LogP contribution in [-0.4, -0.2) is 23.3 Å². The van der Waals surface area contributed by atoms with Gasteiger partial charge in [0, 0.05) is 29.1 Å². The number of nitrogens with one attached hydrogen (secondary N) is 1. The zero-order chi connectivity index (χ0) is 19.8. The highest BCUT2D eigenvalue weighted by atomic mass is 16.5. The number of ether oxygens (including phenoxy) is 1. The maximum absolute atomic E-state index is 12.2. The van der Waals surface area contributed by atoms with Crippen LogP contribution in [0.15, 0.2) is 54.7 Å². The molecule has 28 heavy (non-hydrogen) atoms. The number of aromatic nitrogens is 1. The van der Waals surface area contributed by atoms with Crippen molar-refractivity contribution in [3.63, 3.8) is 0 Å². The van der Waals surface area contributed by atoms with Crippen LogP contribution in [0.3, 0.4) is 0 Å². The van der Waals surface area contributed by atoms with Gasteiger partial charge < -0.3 is 9.72 Å². The third-order valence-electron chi connectivity index (χ3n) is 4.96. The molecule has 0 fully saturated rings. The second kappa shape index (κ2) is 9.88. The molecular formula is C24H27NO3. The number of H-pyrrole nitrogens is 1. The van der Waals surface area contributed by atoms with Gasteiger partial charge in [-0.1, -0.05) is 55.8 Å². The molecule has 0 aliphatic carbocycles. The summed E-state index contributed by atoms with van der Waals surface area (Å²) in [5, 5.41) is 1.19. The number of hydrogen-bond acceptors (Lipinski definition) is 3. The highest BCUT2D eigenvalue weighted by Gasteiger charge is 2.11. The predicted molar refractivity (Wildman–Crippen MR) is 112 cm³/mol. The minimum Gasteiger partial charge on any atom is -0.457 e. The third kappa shape index (κ3) is 5.32. The molecule has 0 saturated heterocycles. The highest BCUT2D eigenvalue weighted by molar-refractivity contribution is 5.97. The smallest absolute Gasteiger partial charge is 0.306 e. The summed E-state index contributed by atoms with van der Waals surface area (Å²) < 4.78 is 5.16. The van der Waals surface area contributed by atoms with Gasteiger partial charge in [0.1, 0.15) is 0 Å². The number of rotatable bonds is 10. The van der Waals surface area contributed by atoms with Gasteiger partial charge in [-0.25, -0.2) is 0 Å². The Labute approximate surface area is 165 Å². The number of carbonyl (C=O) groups is 2. The Kier molecular flexibility index (Phi) is 7.01. The van der Waals surface area contributed by atoms with Gasteiger partial charge in [0.25, 0.3) is 0 Å². The molecule has 0 saturated carbocycles. The minimum atomic E-state index is -0.326. The standard InChI is InChI=1S/C24H27NO3/c1-2-3-7-18-12-14-19(15-13-18)23(26)17-28-24(27)11-6-8-20-16-25-22-10-5-4-9-21(20)22/h4-5,9-10,12-16,25H,2-3,6-8,11,17H2,1H3. The van der Waals surface area contributed by atoms with Crippen LogP contribution >= 0.6 is 0 Å². The summed E-state index contributed by atoms with van der Waals surface area (Å²) in [6.45, 7) is 1.97. The topological polar surface area (TPSA) is 59.2 Å². The van der Waals surface area contributed by atoms with E-state index in [0.29, 0.717) is 18.4 Å². The fraction of sp³-hybridized carbons (Fsp3) is 0.333. The van der Waals surface area contributed by atoms with Crippen molar-refractivity contribution < 1.29 is 14.3 Å². The summed E-state index contributed by atoms with van der Waals surface area (Å²) >= 11 is 0. The maximum Gasteiger partial charge on any atom is 0.306 e. The second-order valence-electron chi connectivity index (χ2n) is 7.10. The largest absolute Gasteiger partial charge is 0.457 e. The molecule has 0 amide bonds. The SMILES string of the molecule is CCCCc1ccc(C(=O)COC(=O)CCCc2c[nH]c3ccccc23)cc1. The summed E-state index contributed by atoms with van der Waals surface area (Å²) in [5.41, 5.74) is 4.12. The molecule has 0 bridgehead atoms. The molecule has 1 heterocycles. The second-order valence-corrected chi connectivity index (χ2v) is 7.10. The van der Waals surface area contributed by atoms with Crippen LogP contribution in [0.1, 0.15) is 54.1 Å². The van der Waals surface area contributed by atoms with Gasteiger partial charge in [0.15, 0.2) is 12.4 Å². The van der Waals surface area contributed by atoms with E-state index in [9.17, 15) is 9.59 Å². The summed E-state index contributed by atoms with van der Waals surface area (Å²) in [6.07, 6.45) is 7.11. The van der Waals surface area contributed by atoms with E-state index in [1.807, 2.05) is 48.7 Å². The zero-order valence-electron chi connectivity index (χ0n) is 16.4. The van der Waals surface area contributed by atoms with Gasteiger partial charge in [-0.2, -0.15) is 0 Å². The third-order valence-corrected chi connectivity index (χ3v) is 4.96. The number of hydrogen-bond donors (Lipinski definition) is 1. The van der Waals surface area contributed by atoms with E-state index in [4.69, 9.17) is 4.74 Å². The molecule has 0 radical (unpaired) electrons. The van der Waals surface area contributed by atoms with Gasteiger partial charge in [-0.15, -0.1) is 0 Å². The predicted octanol–water partition coefficient (Wildman–Crippen LogP) is 5.26. The number of aryl methyl sites for hydroxylation is 2. The lowest BCUT2D eigenvalue weighted by Gasteiger charge is -2.06. The Morgan fingerprint density at radius 2 is 1.75 bits per heavy atom. The molecule has 3 aromatic rings. The van der Waals surface area contributed by atoms with Gasteiger partial charge in [-0.05, 0) is 42.9 Å². The van der Waals surface area contributed by atoms with Crippen molar-refractivity contribution in [3.8, 4) is 0 Å². The molecule has 146 valence electrons. The number of benzene rings is 2. The fourth-order valence-corrected chi connectivity index (χ4v) is 3.30. The molecule has 1 aromatic heterocycles. The first-order chi connectivity index (χ1) is 13.7. The van der Waals surface area contributed by atoms with E-state index < -0.39 is 0 Å². The molecule has 3 rings (SSSR count). The van der Waals surface area contributed by atoms with E-state index in [1.54, 1.807) is 0 Å². The van der Waals surface area contributed by atoms with E-state index in [2.05, 4.69) is 18.0 Å². The lowest BCUT2D eigenvalue weighted by Crippen LogP contribution is -2.14.